The van der Waals surface area contributed by atoms with E-state index in [-0.39, 0.29) is 5.91 Å². The molecule has 0 bridgehead atoms. The van der Waals surface area contributed by atoms with Crippen molar-refractivity contribution in [2.45, 2.75) is 39.5 Å². The molecule has 0 aliphatic rings. The van der Waals surface area contributed by atoms with Crippen LogP contribution >= 0.6 is 11.3 Å². The summed E-state index contributed by atoms with van der Waals surface area (Å²) in [6, 6.07) is 13.4. The summed E-state index contributed by atoms with van der Waals surface area (Å²) >= 11 is 1.50. The van der Waals surface area contributed by atoms with E-state index in [1.165, 1.54) is 16.9 Å². The maximum absolute atomic E-state index is 12.6. The van der Waals surface area contributed by atoms with E-state index >= 15 is 0 Å². The normalized spacial score (nSPS) is 10.8. The van der Waals surface area contributed by atoms with Crippen LogP contribution in [0.3, 0.4) is 0 Å². The van der Waals surface area contributed by atoms with Crippen molar-refractivity contribution < 1.29 is 9.53 Å². The first-order valence-corrected chi connectivity index (χ1v) is 9.95. The standard InChI is InChI=1S/C21H24N2O2S/c1-3-5-6-13-25-17-11-7-10-16(14-17)20(24)23-21-22-19-15(4-2)9-8-12-18(19)26-21/h7-12,14H,3-6,13H2,1-2H3,(H,22,23,24). The topological polar surface area (TPSA) is 51.2 Å². The van der Waals surface area contributed by atoms with Crippen LogP contribution in [0, 0.1) is 0 Å². The lowest BCUT2D eigenvalue weighted by atomic mass is 10.1. The molecule has 0 atom stereocenters. The SMILES string of the molecule is CCCCCOc1cccc(C(=O)Nc2nc3c(CC)cccc3s2)c1. The number of nitrogens with zero attached hydrogens (tertiary/aromatic N) is 1. The van der Waals surface area contributed by atoms with Gasteiger partial charge in [0.1, 0.15) is 5.75 Å². The van der Waals surface area contributed by atoms with E-state index in [9.17, 15) is 4.79 Å². The van der Waals surface area contributed by atoms with Crippen LogP contribution < -0.4 is 10.1 Å². The molecule has 26 heavy (non-hydrogen) atoms. The van der Waals surface area contributed by atoms with Crippen LogP contribution in [0.25, 0.3) is 10.2 Å². The summed E-state index contributed by atoms with van der Waals surface area (Å²) in [5, 5.41) is 3.54. The van der Waals surface area contributed by atoms with Gasteiger partial charge in [-0.2, -0.15) is 0 Å². The number of aromatic nitrogens is 1. The van der Waals surface area contributed by atoms with Crippen LogP contribution in [0.1, 0.15) is 49.0 Å². The number of aryl methyl sites for hydroxylation is 1. The van der Waals surface area contributed by atoms with Gasteiger partial charge in [0.15, 0.2) is 5.13 Å². The van der Waals surface area contributed by atoms with E-state index in [0.717, 1.165) is 41.6 Å². The number of carbonyl (C=O) groups excluding carboxylic acids is 1. The molecule has 136 valence electrons. The van der Waals surface area contributed by atoms with Gasteiger partial charge in [-0.25, -0.2) is 4.98 Å². The molecule has 1 aromatic heterocycles. The zero-order valence-corrected chi connectivity index (χ0v) is 16.1. The molecule has 4 nitrogen and oxygen atoms in total. The molecular formula is C21H24N2O2S. The fraction of sp³-hybridized carbons (Fsp3) is 0.333. The molecule has 0 fully saturated rings. The minimum Gasteiger partial charge on any atom is -0.494 e. The van der Waals surface area contributed by atoms with Gasteiger partial charge in [0.2, 0.25) is 0 Å². The average Bonchev–Trinajstić information content (AvgIpc) is 3.08. The van der Waals surface area contributed by atoms with Gasteiger partial charge in [0.25, 0.3) is 5.91 Å². The number of thiazole rings is 1. The van der Waals surface area contributed by atoms with Gasteiger partial charge in [0.05, 0.1) is 16.8 Å². The number of unbranched alkanes of at least 4 members (excludes halogenated alkanes) is 2. The highest BCUT2D eigenvalue weighted by Crippen LogP contribution is 2.29. The highest BCUT2D eigenvalue weighted by Gasteiger charge is 2.12. The molecule has 0 aliphatic carbocycles. The van der Waals surface area contributed by atoms with Gasteiger partial charge in [-0.15, -0.1) is 0 Å². The lowest BCUT2D eigenvalue weighted by Crippen LogP contribution is -2.11. The molecular weight excluding hydrogens is 344 g/mol. The molecule has 2 aromatic carbocycles. The van der Waals surface area contributed by atoms with Crippen LogP contribution in [0.5, 0.6) is 5.75 Å². The number of carbonyl (C=O) groups is 1. The number of hydrogen-bond acceptors (Lipinski definition) is 4. The predicted molar refractivity (Wildman–Crippen MR) is 108 cm³/mol. The molecule has 0 aliphatic heterocycles. The third kappa shape index (κ3) is 4.41. The van der Waals surface area contributed by atoms with Crippen LogP contribution in [0.4, 0.5) is 5.13 Å². The Bertz CT molecular complexity index is 889. The molecule has 0 spiro atoms. The fourth-order valence-corrected chi connectivity index (χ4v) is 3.69. The first-order chi connectivity index (χ1) is 12.7. The lowest BCUT2D eigenvalue weighted by Gasteiger charge is -2.07. The number of anilines is 1. The van der Waals surface area contributed by atoms with Crippen molar-refractivity contribution in [1.82, 2.24) is 4.98 Å². The van der Waals surface area contributed by atoms with Crippen molar-refractivity contribution >= 4 is 32.6 Å². The monoisotopic (exact) mass is 368 g/mol. The summed E-state index contributed by atoms with van der Waals surface area (Å²) < 4.78 is 6.82. The molecule has 0 saturated heterocycles. The zero-order chi connectivity index (χ0) is 18.4. The highest BCUT2D eigenvalue weighted by atomic mass is 32.1. The molecule has 1 N–H and O–H groups in total. The lowest BCUT2D eigenvalue weighted by molar-refractivity contribution is 0.102. The number of para-hydroxylation sites is 1. The number of rotatable bonds is 8. The van der Waals surface area contributed by atoms with E-state index < -0.39 is 0 Å². The number of fused-ring (bicyclic) bond motifs is 1. The van der Waals surface area contributed by atoms with E-state index in [1.54, 1.807) is 12.1 Å². The van der Waals surface area contributed by atoms with Crippen LogP contribution in [-0.4, -0.2) is 17.5 Å². The Labute approximate surface area is 158 Å². The summed E-state index contributed by atoms with van der Waals surface area (Å²) in [7, 11) is 0. The summed E-state index contributed by atoms with van der Waals surface area (Å²) in [6.45, 7) is 4.95. The van der Waals surface area contributed by atoms with Crippen LogP contribution in [0.2, 0.25) is 0 Å². The van der Waals surface area contributed by atoms with Gasteiger partial charge in [-0.05, 0) is 42.7 Å². The van der Waals surface area contributed by atoms with Crippen LogP contribution in [0.15, 0.2) is 42.5 Å². The molecule has 3 rings (SSSR count). The van der Waals surface area contributed by atoms with Crippen molar-refractivity contribution in [3.63, 3.8) is 0 Å². The van der Waals surface area contributed by atoms with Crippen molar-refractivity contribution in [1.29, 1.82) is 0 Å². The number of hydrogen-bond donors (Lipinski definition) is 1. The molecule has 0 unspecified atom stereocenters. The first kappa shape index (κ1) is 18.4. The minimum absolute atomic E-state index is 0.166. The molecule has 1 heterocycles. The van der Waals surface area contributed by atoms with Crippen molar-refractivity contribution in [2.24, 2.45) is 0 Å². The maximum atomic E-state index is 12.6. The maximum Gasteiger partial charge on any atom is 0.257 e. The quantitative estimate of drug-likeness (QED) is 0.520. The van der Waals surface area contributed by atoms with Gasteiger partial charge in [0, 0.05) is 5.56 Å². The average molecular weight is 369 g/mol. The van der Waals surface area contributed by atoms with E-state index in [2.05, 4.69) is 30.2 Å². The Morgan fingerprint density at radius 1 is 1.15 bits per heavy atom. The second-order valence-electron chi connectivity index (χ2n) is 6.17. The predicted octanol–water partition coefficient (Wildman–Crippen LogP) is 5.68. The fourth-order valence-electron chi connectivity index (χ4n) is 2.78. The summed E-state index contributed by atoms with van der Waals surface area (Å²) in [5.74, 6) is 0.562. The number of ether oxygens (including phenoxy) is 1. The van der Waals surface area contributed by atoms with E-state index in [4.69, 9.17) is 4.74 Å². The molecule has 5 heteroatoms. The Balaban J connectivity index is 1.70. The van der Waals surface area contributed by atoms with Crippen molar-refractivity contribution in [2.75, 3.05) is 11.9 Å². The van der Waals surface area contributed by atoms with Gasteiger partial charge in [-0.3, -0.25) is 10.1 Å². The highest BCUT2D eigenvalue weighted by molar-refractivity contribution is 7.22. The first-order valence-electron chi connectivity index (χ1n) is 9.14. The van der Waals surface area contributed by atoms with Gasteiger partial charge in [-0.1, -0.05) is 56.2 Å². The van der Waals surface area contributed by atoms with E-state index in [1.807, 2.05) is 24.3 Å². The Hall–Kier alpha value is -2.40. The minimum atomic E-state index is -0.166. The van der Waals surface area contributed by atoms with Gasteiger partial charge >= 0.3 is 0 Å². The van der Waals surface area contributed by atoms with Gasteiger partial charge < -0.3 is 4.74 Å². The number of nitrogens with one attached hydrogen (secondary N) is 1. The molecule has 0 saturated carbocycles. The third-order valence-electron chi connectivity index (χ3n) is 4.22. The second-order valence-corrected chi connectivity index (χ2v) is 7.20. The summed E-state index contributed by atoms with van der Waals surface area (Å²) in [6.07, 6.45) is 4.26. The smallest absolute Gasteiger partial charge is 0.257 e. The zero-order valence-electron chi connectivity index (χ0n) is 15.2. The summed E-state index contributed by atoms with van der Waals surface area (Å²) in [4.78, 5) is 17.2. The largest absolute Gasteiger partial charge is 0.494 e. The van der Waals surface area contributed by atoms with Crippen molar-refractivity contribution in [3.05, 3.63) is 53.6 Å². The number of benzene rings is 2. The van der Waals surface area contributed by atoms with Crippen LogP contribution in [-0.2, 0) is 6.42 Å². The second kappa shape index (κ2) is 8.81. The Morgan fingerprint density at radius 2 is 2.00 bits per heavy atom. The third-order valence-corrected chi connectivity index (χ3v) is 5.15. The Kier molecular flexibility index (Phi) is 6.23. The molecule has 3 aromatic rings. The molecule has 1 amide bonds. The number of amides is 1. The van der Waals surface area contributed by atoms with E-state index in [0.29, 0.717) is 17.3 Å². The summed E-state index contributed by atoms with van der Waals surface area (Å²) in [5.41, 5.74) is 2.75. The Morgan fingerprint density at radius 3 is 2.81 bits per heavy atom. The van der Waals surface area contributed by atoms with Crippen molar-refractivity contribution in [3.8, 4) is 5.75 Å². The molecule has 0 radical (unpaired) electrons.